The van der Waals surface area contributed by atoms with Crippen molar-refractivity contribution in [2.75, 3.05) is 10.2 Å². The monoisotopic (exact) mass is 372 g/mol. The number of aromatic nitrogens is 2. The molecule has 6 nitrogen and oxygen atoms in total. The predicted octanol–water partition coefficient (Wildman–Crippen LogP) is 4.01. The summed E-state index contributed by atoms with van der Waals surface area (Å²) in [6, 6.07) is 16.7. The number of amides is 1. The molecule has 1 aromatic heterocycles. The summed E-state index contributed by atoms with van der Waals surface area (Å²) in [5.41, 5.74) is 3.82. The quantitative estimate of drug-likeness (QED) is 0.700. The van der Waals surface area contributed by atoms with Gasteiger partial charge in [-0.1, -0.05) is 18.2 Å². The minimum Gasteiger partial charge on any atom is -0.324 e. The molecule has 2 heterocycles. The molecular weight excluding hydrogens is 352 g/mol. The van der Waals surface area contributed by atoms with Crippen LogP contribution in [-0.4, -0.2) is 27.7 Å². The number of nitrogens with zero attached hydrogens (tertiary/aromatic N) is 3. The first kappa shape index (κ1) is 17.9. The van der Waals surface area contributed by atoms with Crippen LogP contribution in [-0.2, 0) is 6.42 Å². The molecule has 1 aliphatic heterocycles. The van der Waals surface area contributed by atoms with Gasteiger partial charge in [-0.3, -0.25) is 9.59 Å². The number of carbonyl (C=O) groups is 2. The fourth-order valence-electron chi connectivity index (χ4n) is 3.45. The number of nitrogens with one attached hydrogen (secondary N) is 1. The molecule has 0 aliphatic carbocycles. The molecule has 1 atom stereocenters. The molecule has 1 N–H and O–H groups in total. The Morgan fingerprint density at radius 2 is 1.82 bits per heavy atom. The molecule has 1 aliphatic rings. The van der Waals surface area contributed by atoms with E-state index in [4.69, 9.17) is 0 Å². The van der Waals surface area contributed by atoms with Crippen molar-refractivity contribution in [3.05, 3.63) is 77.6 Å². The average molecular weight is 372 g/mol. The van der Waals surface area contributed by atoms with Crippen LogP contribution < -0.4 is 10.2 Å². The Kier molecular flexibility index (Phi) is 4.61. The first-order valence-corrected chi connectivity index (χ1v) is 9.15. The number of hydrogen-bond acceptors (Lipinski definition) is 5. The Morgan fingerprint density at radius 3 is 2.57 bits per heavy atom. The van der Waals surface area contributed by atoms with Gasteiger partial charge in [0.25, 0.3) is 5.91 Å². The highest BCUT2D eigenvalue weighted by Crippen LogP contribution is 2.32. The van der Waals surface area contributed by atoms with Crippen LogP contribution in [0.4, 0.5) is 17.3 Å². The van der Waals surface area contributed by atoms with Crippen molar-refractivity contribution in [3.8, 4) is 0 Å². The fraction of sp³-hybridized carbons (Fsp3) is 0.182. The Morgan fingerprint density at radius 1 is 1.07 bits per heavy atom. The fourth-order valence-corrected chi connectivity index (χ4v) is 3.45. The Bertz CT molecular complexity index is 1050. The molecule has 6 heteroatoms. The largest absolute Gasteiger partial charge is 0.324 e. The topological polar surface area (TPSA) is 75.2 Å². The zero-order chi connectivity index (χ0) is 19.7. The zero-order valence-electron chi connectivity index (χ0n) is 15.7. The van der Waals surface area contributed by atoms with Crippen molar-refractivity contribution >= 4 is 29.0 Å². The van der Waals surface area contributed by atoms with E-state index in [2.05, 4.69) is 21.4 Å². The molecule has 0 bridgehead atoms. The molecule has 2 aromatic carbocycles. The van der Waals surface area contributed by atoms with Crippen molar-refractivity contribution in [3.63, 3.8) is 0 Å². The molecule has 1 amide bonds. The van der Waals surface area contributed by atoms with Crippen LogP contribution in [0.25, 0.3) is 0 Å². The lowest BCUT2D eigenvalue weighted by Crippen LogP contribution is -2.36. The smallest absolute Gasteiger partial charge is 0.277 e. The van der Waals surface area contributed by atoms with E-state index in [0.717, 1.165) is 17.8 Å². The number of para-hydroxylation sites is 1. The number of Topliss-reactive ketones (excluding diaryl/α,β-unsaturated/α-hetero) is 1. The first-order valence-electron chi connectivity index (χ1n) is 9.15. The number of anilines is 3. The van der Waals surface area contributed by atoms with E-state index in [1.54, 1.807) is 41.4 Å². The molecule has 4 rings (SSSR count). The van der Waals surface area contributed by atoms with Gasteiger partial charge in [0.1, 0.15) is 5.69 Å². The van der Waals surface area contributed by atoms with Crippen LogP contribution in [0.1, 0.15) is 40.3 Å². The van der Waals surface area contributed by atoms with Gasteiger partial charge in [0.15, 0.2) is 5.78 Å². The summed E-state index contributed by atoms with van der Waals surface area (Å²) in [7, 11) is 0. The number of ketones is 1. The summed E-state index contributed by atoms with van der Waals surface area (Å²) in [6.45, 7) is 3.56. The van der Waals surface area contributed by atoms with E-state index in [0.29, 0.717) is 17.2 Å². The predicted molar refractivity (Wildman–Crippen MR) is 108 cm³/mol. The average Bonchev–Trinajstić information content (AvgIpc) is 3.03. The van der Waals surface area contributed by atoms with Gasteiger partial charge >= 0.3 is 0 Å². The molecule has 0 saturated carbocycles. The highest BCUT2D eigenvalue weighted by molar-refractivity contribution is 6.06. The number of fused-ring (bicyclic) bond motifs is 1. The second-order valence-electron chi connectivity index (χ2n) is 6.88. The minimum atomic E-state index is -0.144. The van der Waals surface area contributed by atoms with Gasteiger partial charge in [-0.15, -0.1) is 0 Å². The Hall–Kier alpha value is -3.54. The van der Waals surface area contributed by atoms with Crippen molar-refractivity contribution in [2.45, 2.75) is 26.3 Å². The molecule has 3 aromatic rings. The second-order valence-corrected chi connectivity index (χ2v) is 6.88. The maximum absolute atomic E-state index is 13.1. The van der Waals surface area contributed by atoms with Crippen LogP contribution >= 0.6 is 0 Å². The molecule has 0 spiro atoms. The molecule has 28 heavy (non-hydrogen) atoms. The highest BCUT2D eigenvalue weighted by Gasteiger charge is 2.31. The minimum absolute atomic E-state index is 0.00964. The number of benzene rings is 2. The van der Waals surface area contributed by atoms with Crippen LogP contribution in [0.2, 0.25) is 0 Å². The second kappa shape index (κ2) is 7.23. The normalized spacial score (nSPS) is 15.2. The SMILES string of the molecule is CC(=O)c1ccc(Nc2nccc(C(=O)N3c4ccccc4CC3C)n2)cc1. The van der Waals surface area contributed by atoms with Crippen molar-refractivity contribution in [1.82, 2.24) is 9.97 Å². The summed E-state index contributed by atoms with van der Waals surface area (Å²) >= 11 is 0. The standard InChI is InChI=1S/C22H20N4O2/c1-14-13-17-5-3-4-6-20(17)26(14)21(28)19-11-12-23-22(25-19)24-18-9-7-16(8-10-18)15(2)27/h3-12,14H,13H2,1-2H3,(H,23,24,25). The van der Waals surface area contributed by atoms with E-state index in [1.807, 2.05) is 25.1 Å². The van der Waals surface area contributed by atoms with Gasteiger partial charge in [0.05, 0.1) is 0 Å². The van der Waals surface area contributed by atoms with Gasteiger partial charge in [-0.2, -0.15) is 0 Å². The van der Waals surface area contributed by atoms with Crippen LogP contribution in [0.3, 0.4) is 0 Å². The van der Waals surface area contributed by atoms with Gasteiger partial charge < -0.3 is 10.2 Å². The molecule has 140 valence electrons. The lowest BCUT2D eigenvalue weighted by molar-refractivity contribution is 0.0975. The molecule has 0 radical (unpaired) electrons. The number of hydrogen-bond donors (Lipinski definition) is 1. The van der Waals surface area contributed by atoms with Crippen LogP contribution in [0, 0.1) is 0 Å². The lowest BCUT2D eigenvalue weighted by atomic mass is 10.1. The van der Waals surface area contributed by atoms with Crippen molar-refractivity contribution in [1.29, 1.82) is 0 Å². The third-order valence-corrected chi connectivity index (χ3v) is 4.85. The summed E-state index contributed by atoms with van der Waals surface area (Å²) in [6.07, 6.45) is 2.40. The maximum atomic E-state index is 13.1. The first-order chi connectivity index (χ1) is 13.5. The van der Waals surface area contributed by atoms with Crippen LogP contribution in [0.15, 0.2) is 60.8 Å². The summed E-state index contributed by atoms with van der Waals surface area (Å²) in [5.74, 6) is 0.201. The van der Waals surface area contributed by atoms with E-state index in [9.17, 15) is 9.59 Å². The number of rotatable bonds is 4. The van der Waals surface area contributed by atoms with E-state index in [1.165, 1.54) is 12.5 Å². The maximum Gasteiger partial charge on any atom is 0.277 e. The van der Waals surface area contributed by atoms with Gasteiger partial charge in [-0.05, 0) is 62.2 Å². The molecule has 0 saturated heterocycles. The zero-order valence-corrected chi connectivity index (χ0v) is 15.7. The summed E-state index contributed by atoms with van der Waals surface area (Å²) < 4.78 is 0. The molecular formula is C22H20N4O2. The van der Waals surface area contributed by atoms with Gasteiger partial charge in [0, 0.05) is 29.2 Å². The third kappa shape index (κ3) is 3.36. The van der Waals surface area contributed by atoms with E-state index in [-0.39, 0.29) is 17.7 Å². The Balaban J connectivity index is 1.57. The van der Waals surface area contributed by atoms with Gasteiger partial charge in [0.2, 0.25) is 5.95 Å². The van der Waals surface area contributed by atoms with E-state index >= 15 is 0 Å². The lowest BCUT2D eigenvalue weighted by Gasteiger charge is -2.22. The third-order valence-electron chi connectivity index (χ3n) is 4.85. The highest BCUT2D eigenvalue weighted by atomic mass is 16.2. The molecule has 0 fully saturated rings. The summed E-state index contributed by atoms with van der Waals surface area (Å²) in [5, 5.41) is 3.08. The van der Waals surface area contributed by atoms with E-state index < -0.39 is 0 Å². The van der Waals surface area contributed by atoms with Crippen molar-refractivity contribution < 1.29 is 9.59 Å². The Labute approximate surface area is 163 Å². The summed E-state index contributed by atoms with van der Waals surface area (Å²) in [4.78, 5) is 34.9. The molecule has 1 unspecified atom stereocenters. The van der Waals surface area contributed by atoms with Crippen LogP contribution in [0.5, 0.6) is 0 Å². The number of carbonyl (C=O) groups excluding carboxylic acids is 2. The van der Waals surface area contributed by atoms with Crippen molar-refractivity contribution in [2.24, 2.45) is 0 Å². The van der Waals surface area contributed by atoms with Gasteiger partial charge in [-0.25, -0.2) is 9.97 Å².